The number of nitrogens with zero attached hydrogens (tertiary/aromatic N) is 1. The number of hydrogen-bond donors (Lipinski definition) is 1. The van der Waals surface area contributed by atoms with Crippen molar-refractivity contribution in [3.63, 3.8) is 0 Å². The van der Waals surface area contributed by atoms with Gasteiger partial charge in [-0.3, -0.25) is 0 Å². The number of hydrogen-bond acceptors (Lipinski definition) is 3. The maximum atomic E-state index is 6.03. The average Bonchev–Trinajstić information content (AvgIpc) is 2.33. The molecule has 0 bridgehead atoms. The van der Waals surface area contributed by atoms with E-state index in [1.807, 2.05) is 0 Å². The van der Waals surface area contributed by atoms with Crippen LogP contribution in [0.4, 0.5) is 5.69 Å². The quantitative estimate of drug-likeness (QED) is 0.800. The second-order valence-electron chi connectivity index (χ2n) is 4.57. The molecule has 0 aromatic heterocycles. The monoisotopic (exact) mass is 236 g/mol. The van der Waals surface area contributed by atoms with Crippen molar-refractivity contribution in [1.82, 2.24) is 0 Å². The summed E-state index contributed by atoms with van der Waals surface area (Å²) in [4.78, 5) is 3.77. The van der Waals surface area contributed by atoms with E-state index < -0.39 is 0 Å². The Balaban J connectivity index is 2.06. The molecule has 0 amide bonds. The number of anilines is 1. The largest absolute Gasteiger partial charge is 0.371 e. The van der Waals surface area contributed by atoms with Gasteiger partial charge < -0.3 is 10.6 Å². The zero-order valence-electron chi connectivity index (χ0n) is 10.0. The van der Waals surface area contributed by atoms with E-state index in [-0.39, 0.29) is 0 Å². The van der Waals surface area contributed by atoms with Crippen molar-refractivity contribution in [3.8, 4) is 0 Å². The van der Waals surface area contributed by atoms with E-state index in [9.17, 15) is 0 Å². The highest BCUT2D eigenvalue weighted by atomic mass is 32.2. The van der Waals surface area contributed by atoms with Crippen LogP contribution in [0, 0.1) is 5.92 Å². The van der Waals surface area contributed by atoms with E-state index in [1.165, 1.54) is 10.6 Å². The van der Waals surface area contributed by atoms with Gasteiger partial charge in [-0.1, -0.05) is 6.92 Å². The van der Waals surface area contributed by atoms with Gasteiger partial charge in [0.1, 0.15) is 0 Å². The normalized spacial score (nSPS) is 25.8. The maximum absolute atomic E-state index is 6.03. The lowest BCUT2D eigenvalue weighted by atomic mass is 9.94. The molecule has 1 aromatic carbocycles. The first kappa shape index (κ1) is 11.8. The van der Waals surface area contributed by atoms with Crippen molar-refractivity contribution in [1.29, 1.82) is 0 Å². The minimum atomic E-state index is 0.377. The predicted octanol–water partition coefficient (Wildman–Crippen LogP) is 2.58. The molecule has 1 fully saturated rings. The van der Waals surface area contributed by atoms with Crippen LogP contribution >= 0.6 is 11.8 Å². The van der Waals surface area contributed by atoms with Crippen LogP contribution in [0.3, 0.4) is 0 Å². The first-order valence-electron chi connectivity index (χ1n) is 5.85. The lowest BCUT2D eigenvalue weighted by Crippen LogP contribution is -2.45. The first-order valence-corrected chi connectivity index (χ1v) is 7.08. The molecule has 0 radical (unpaired) electrons. The molecule has 2 unspecified atom stereocenters. The molecule has 2 atom stereocenters. The van der Waals surface area contributed by atoms with Crippen molar-refractivity contribution >= 4 is 17.4 Å². The summed E-state index contributed by atoms with van der Waals surface area (Å²) in [6, 6.07) is 9.20. The third kappa shape index (κ3) is 2.53. The molecule has 1 saturated heterocycles. The standard InChI is InChI=1S/C13H20N2S/c1-10-9-15(8-7-13(10)14)11-3-5-12(16-2)6-4-11/h3-6,10,13H,7-9,14H2,1-2H3. The topological polar surface area (TPSA) is 29.3 Å². The smallest absolute Gasteiger partial charge is 0.0367 e. The Hall–Kier alpha value is -0.670. The third-order valence-electron chi connectivity index (χ3n) is 3.41. The van der Waals surface area contributed by atoms with Crippen LogP contribution in [0.2, 0.25) is 0 Å². The zero-order chi connectivity index (χ0) is 11.5. The Morgan fingerprint density at radius 1 is 1.31 bits per heavy atom. The van der Waals surface area contributed by atoms with Crippen LogP contribution in [0.25, 0.3) is 0 Å². The molecule has 0 saturated carbocycles. The van der Waals surface area contributed by atoms with Crippen molar-refractivity contribution in [2.24, 2.45) is 11.7 Å². The van der Waals surface area contributed by atoms with Gasteiger partial charge in [0.2, 0.25) is 0 Å². The van der Waals surface area contributed by atoms with Crippen molar-refractivity contribution < 1.29 is 0 Å². The molecule has 2 N–H and O–H groups in total. The second kappa shape index (κ2) is 5.11. The van der Waals surface area contributed by atoms with Gasteiger partial charge in [0.25, 0.3) is 0 Å². The Bertz CT molecular complexity index is 336. The van der Waals surface area contributed by atoms with Crippen LogP contribution in [0.1, 0.15) is 13.3 Å². The van der Waals surface area contributed by atoms with Crippen LogP contribution in [0.15, 0.2) is 29.2 Å². The molecule has 1 heterocycles. The van der Waals surface area contributed by atoms with Crippen LogP contribution < -0.4 is 10.6 Å². The number of piperidine rings is 1. The molecule has 1 aliphatic heterocycles. The van der Waals surface area contributed by atoms with E-state index in [1.54, 1.807) is 11.8 Å². The summed E-state index contributed by atoms with van der Waals surface area (Å²) in [5, 5.41) is 0. The molecule has 16 heavy (non-hydrogen) atoms. The second-order valence-corrected chi connectivity index (χ2v) is 5.45. The molecule has 3 heteroatoms. The van der Waals surface area contributed by atoms with Crippen molar-refractivity contribution in [2.75, 3.05) is 24.2 Å². The van der Waals surface area contributed by atoms with Crippen LogP contribution in [0.5, 0.6) is 0 Å². The molecule has 1 aliphatic rings. The average molecular weight is 236 g/mol. The Morgan fingerprint density at radius 2 is 2.00 bits per heavy atom. The Labute approximate surface area is 102 Å². The molecule has 1 aromatic rings. The van der Waals surface area contributed by atoms with E-state index in [0.29, 0.717) is 12.0 Å². The van der Waals surface area contributed by atoms with E-state index >= 15 is 0 Å². The maximum Gasteiger partial charge on any atom is 0.0367 e. The zero-order valence-corrected chi connectivity index (χ0v) is 10.8. The fourth-order valence-electron chi connectivity index (χ4n) is 2.19. The van der Waals surface area contributed by atoms with E-state index in [4.69, 9.17) is 5.73 Å². The SMILES string of the molecule is CSc1ccc(N2CCC(N)C(C)C2)cc1. The highest BCUT2D eigenvalue weighted by Gasteiger charge is 2.22. The fourth-order valence-corrected chi connectivity index (χ4v) is 2.60. The molecular formula is C13H20N2S. The van der Waals surface area contributed by atoms with Gasteiger partial charge in [0.05, 0.1) is 0 Å². The summed E-state index contributed by atoms with van der Waals surface area (Å²) < 4.78 is 0. The van der Waals surface area contributed by atoms with Crippen LogP contribution in [-0.4, -0.2) is 25.4 Å². The van der Waals surface area contributed by atoms with Gasteiger partial charge in [-0.15, -0.1) is 11.8 Å². The number of nitrogens with two attached hydrogens (primary N) is 1. The van der Waals surface area contributed by atoms with Gasteiger partial charge in [0.15, 0.2) is 0 Å². The molecule has 0 spiro atoms. The highest BCUT2D eigenvalue weighted by Crippen LogP contribution is 2.24. The van der Waals surface area contributed by atoms with Crippen molar-refractivity contribution in [3.05, 3.63) is 24.3 Å². The van der Waals surface area contributed by atoms with Crippen LogP contribution in [-0.2, 0) is 0 Å². The fraction of sp³-hybridized carbons (Fsp3) is 0.538. The lowest BCUT2D eigenvalue weighted by molar-refractivity contribution is 0.383. The van der Waals surface area contributed by atoms with E-state index in [0.717, 1.165) is 19.5 Å². The summed E-state index contributed by atoms with van der Waals surface area (Å²) in [7, 11) is 0. The number of thioether (sulfide) groups is 1. The summed E-state index contributed by atoms with van der Waals surface area (Å²) in [6.45, 7) is 4.41. The molecule has 2 nitrogen and oxygen atoms in total. The van der Waals surface area contributed by atoms with Gasteiger partial charge in [-0.25, -0.2) is 0 Å². The predicted molar refractivity (Wildman–Crippen MR) is 72.2 cm³/mol. The van der Waals surface area contributed by atoms with Gasteiger partial charge in [0, 0.05) is 29.7 Å². The highest BCUT2D eigenvalue weighted by molar-refractivity contribution is 7.98. The van der Waals surface area contributed by atoms with Gasteiger partial charge in [-0.05, 0) is 42.9 Å². The molecule has 2 rings (SSSR count). The summed E-state index contributed by atoms with van der Waals surface area (Å²) in [6.07, 6.45) is 3.21. The number of rotatable bonds is 2. The third-order valence-corrected chi connectivity index (χ3v) is 4.15. The summed E-state index contributed by atoms with van der Waals surface area (Å²) in [5.41, 5.74) is 7.36. The van der Waals surface area contributed by atoms with Crippen molar-refractivity contribution in [2.45, 2.75) is 24.3 Å². The first-order chi connectivity index (χ1) is 7.70. The Morgan fingerprint density at radius 3 is 2.56 bits per heavy atom. The minimum absolute atomic E-state index is 0.377. The summed E-state index contributed by atoms with van der Waals surface area (Å²) in [5.74, 6) is 0.592. The molecular weight excluding hydrogens is 216 g/mol. The number of benzene rings is 1. The molecule has 88 valence electrons. The van der Waals surface area contributed by atoms with Gasteiger partial charge >= 0.3 is 0 Å². The minimum Gasteiger partial charge on any atom is -0.371 e. The Kier molecular flexibility index (Phi) is 3.77. The lowest BCUT2D eigenvalue weighted by Gasteiger charge is -2.36. The molecule has 0 aliphatic carbocycles. The van der Waals surface area contributed by atoms with Gasteiger partial charge in [-0.2, -0.15) is 0 Å². The summed E-state index contributed by atoms with van der Waals surface area (Å²) >= 11 is 1.79. The van der Waals surface area contributed by atoms with E-state index in [2.05, 4.69) is 42.3 Å².